The van der Waals surface area contributed by atoms with Gasteiger partial charge in [-0.3, -0.25) is 4.79 Å². The summed E-state index contributed by atoms with van der Waals surface area (Å²) in [7, 11) is 0. The summed E-state index contributed by atoms with van der Waals surface area (Å²) < 4.78 is 0. The highest BCUT2D eigenvalue weighted by atomic mass is 35.5. The van der Waals surface area contributed by atoms with Crippen LogP contribution in [0.1, 0.15) is 38.5 Å². The van der Waals surface area contributed by atoms with Crippen LogP contribution in [-0.4, -0.2) is 37.1 Å². The van der Waals surface area contributed by atoms with E-state index in [9.17, 15) is 4.79 Å². The minimum absolute atomic E-state index is 0. The molecule has 1 aromatic heterocycles. The Morgan fingerprint density at radius 3 is 2.52 bits per heavy atom. The molecule has 1 saturated carbocycles. The molecule has 0 aromatic carbocycles. The lowest BCUT2D eigenvalue weighted by molar-refractivity contribution is -0.118. The molecule has 2 saturated heterocycles. The predicted molar refractivity (Wildman–Crippen MR) is 106 cm³/mol. The van der Waals surface area contributed by atoms with E-state index in [0.717, 1.165) is 45.4 Å². The van der Waals surface area contributed by atoms with Crippen LogP contribution in [0.5, 0.6) is 0 Å². The lowest BCUT2D eigenvalue weighted by atomic mass is 9.92. The standard InChI is InChI=1S/C18H26N4O.2ClH/c23-17(15-12-18(15)6-8-19-9-7-18)21-16-5-4-14(13-20-16)22-10-2-1-3-11-22;;/h4-5,13,15,19H,1-3,6-12H2,(H,20,21,23);2*1H. The number of carbonyl (C=O) groups is 1. The molecule has 1 aromatic rings. The largest absolute Gasteiger partial charge is 0.370 e. The zero-order valence-electron chi connectivity index (χ0n) is 14.5. The van der Waals surface area contributed by atoms with Crippen LogP contribution in [0.3, 0.4) is 0 Å². The Morgan fingerprint density at radius 1 is 1.16 bits per heavy atom. The highest BCUT2D eigenvalue weighted by molar-refractivity contribution is 5.94. The van der Waals surface area contributed by atoms with Gasteiger partial charge >= 0.3 is 0 Å². The Labute approximate surface area is 162 Å². The third kappa shape index (κ3) is 4.39. The van der Waals surface area contributed by atoms with E-state index < -0.39 is 0 Å². The molecular formula is C18H28Cl2N4O. The van der Waals surface area contributed by atoms with Crippen molar-refractivity contribution in [1.29, 1.82) is 0 Å². The molecule has 2 N–H and O–H groups in total. The first-order valence-corrected chi connectivity index (χ1v) is 8.99. The number of rotatable bonds is 3. The molecule has 0 radical (unpaired) electrons. The number of piperidine rings is 2. The van der Waals surface area contributed by atoms with Gasteiger partial charge in [0, 0.05) is 19.0 Å². The van der Waals surface area contributed by atoms with E-state index in [-0.39, 0.29) is 42.1 Å². The molecule has 25 heavy (non-hydrogen) atoms. The molecule has 1 amide bonds. The summed E-state index contributed by atoms with van der Waals surface area (Å²) in [6, 6.07) is 4.03. The van der Waals surface area contributed by atoms with E-state index >= 15 is 0 Å². The molecular weight excluding hydrogens is 359 g/mol. The third-order valence-electron chi connectivity index (χ3n) is 5.83. The van der Waals surface area contributed by atoms with Gasteiger partial charge in [-0.15, -0.1) is 24.8 Å². The van der Waals surface area contributed by atoms with Gasteiger partial charge in [-0.05, 0) is 69.2 Å². The monoisotopic (exact) mass is 386 g/mol. The predicted octanol–water partition coefficient (Wildman–Crippen LogP) is 3.24. The van der Waals surface area contributed by atoms with Crippen LogP contribution in [0.25, 0.3) is 0 Å². The van der Waals surface area contributed by atoms with Gasteiger partial charge in [0.1, 0.15) is 5.82 Å². The van der Waals surface area contributed by atoms with E-state index in [4.69, 9.17) is 0 Å². The fourth-order valence-corrected chi connectivity index (χ4v) is 4.21. The number of carbonyl (C=O) groups excluding carboxylic acids is 1. The van der Waals surface area contributed by atoms with E-state index in [1.54, 1.807) is 0 Å². The molecule has 1 atom stereocenters. The van der Waals surface area contributed by atoms with Crippen LogP contribution in [0.4, 0.5) is 11.5 Å². The zero-order chi connectivity index (χ0) is 15.7. The van der Waals surface area contributed by atoms with Crippen molar-refractivity contribution in [3.8, 4) is 0 Å². The van der Waals surface area contributed by atoms with Crippen molar-refractivity contribution in [2.75, 3.05) is 36.4 Å². The third-order valence-corrected chi connectivity index (χ3v) is 5.83. The molecule has 3 fully saturated rings. The number of nitrogens with zero attached hydrogens (tertiary/aromatic N) is 2. The first-order valence-electron chi connectivity index (χ1n) is 8.99. The van der Waals surface area contributed by atoms with Crippen molar-refractivity contribution in [3.05, 3.63) is 18.3 Å². The summed E-state index contributed by atoms with van der Waals surface area (Å²) >= 11 is 0. The average molecular weight is 387 g/mol. The fourth-order valence-electron chi connectivity index (χ4n) is 4.21. The van der Waals surface area contributed by atoms with Gasteiger partial charge in [-0.25, -0.2) is 4.98 Å². The van der Waals surface area contributed by atoms with Gasteiger partial charge in [-0.2, -0.15) is 0 Å². The van der Waals surface area contributed by atoms with Gasteiger partial charge in [-0.1, -0.05) is 0 Å². The highest BCUT2D eigenvalue weighted by Gasteiger charge is 2.57. The molecule has 0 bridgehead atoms. The van der Waals surface area contributed by atoms with Crippen LogP contribution in [0.15, 0.2) is 18.3 Å². The van der Waals surface area contributed by atoms with Crippen molar-refractivity contribution < 1.29 is 4.79 Å². The maximum Gasteiger partial charge on any atom is 0.229 e. The van der Waals surface area contributed by atoms with Crippen LogP contribution in [0, 0.1) is 11.3 Å². The van der Waals surface area contributed by atoms with E-state index in [0.29, 0.717) is 5.82 Å². The molecule has 2 aliphatic heterocycles. The van der Waals surface area contributed by atoms with E-state index in [1.807, 2.05) is 12.3 Å². The fraction of sp³-hybridized carbons (Fsp3) is 0.667. The summed E-state index contributed by atoms with van der Waals surface area (Å²) in [5.74, 6) is 1.03. The number of hydrogen-bond donors (Lipinski definition) is 2. The first kappa shape index (κ1) is 20.3. The Hall–Kier alpha value is -1.04. The Kier molecular flexibility index (Phi) is 6.94. The molecule has 4 rings (SSSR count). The van der Waals surface area contributed by atoms with Crippen LogP contribution >= 0.6 is 24.8 Å². The number of nitrogens with one attached hydrogen (secondary N) is 2. The van der Waals surface area contributed by atoms with Crippen LogP contribution in [0.2, 0.25) is 0 Å². The number of pyridine rings is 1. The molecule has 3 aliphatic rings. The molecule has 5 nitrogen and oxygen atoms in total. The molecule has 140 valence electrons. The number of hydrogen-bond acceptors (Lipinski definition) is 4. The summed E-state index contributed by atoms with van der Waals surface area (Å²) in [6.07, 6.45) is 9.06. The van der Waals surface area contributed by atoms with E-state index in [1.165, 1.54) is 24.9 Å². The maximum absolute atomic E-state index is 12.5. The van der Waals surface area contributed by atoms with Gasteiger partial charge < -0.3 is 15.5 Å². The molecule has 1 unspecified atom stereocenters. The van der Waals surface area contributed by atoms with Crippen molar-refractivity contribution in [2.45, 2.75) is 38.5 Å². The maximum atomic E-state index is 12.5. The summed E-state index contributed by atoms with van der Waals surface area (Å²) in [5, 5.41) is 6.39. The topological polar surface area (TPSA) is 57.3 Å². The Balaban J connectivity index is 0.00000113. The second-order valence-electron chi connectivity index (χ2n) is 7.31. The van der Waals surface area contributed by atoms with E-state index in [2.05, 4.69) is 26.6 Å². The molecule has 1 aliphatic carbocycles. The van der Waals surface area contributed by atoms with Crippen molar-refractivity contribution in [2.24, 2.45) is 11.3 Å². The average Bonchev–Trinajstić information content (AvgIpc) is 3.30. The van der Waals surface area contributed by atoms with Crippen molar-refractivity contribution in [3.63, 3.8) is 0 Å². The lowest BCUT2D eigenvalue weighted by Crippen LogP contribution is -2.31. The molecule has 7 heteroatoms. The lowest BCUT2D eigenvalue weighted by Gasteiger charge is -2.28. The Morgan fingerprint density at radius 2 is 1.88 bits per heavy atom. The highest BCUT2D eigenvalue weighted by Crippen LogP contribution is 2.58. The second-order valence-corrected chi connectivity index (χ2v) is 7.31. The second kappa shape index (κ2) is 8.56. The number of halogens is 2. The number of anilines is 2. The van der Waals surface area contributed by atoms with Gasteiger partial charge in [0.2, 0.25) is 5.91 Å². The van der Waals surface area contributed by atoms with Gasteiger partial charge in [0.25, 0.3) is 0 Å². The zero-order valence-corrected chi connectivity index (χ0v) is 16.1. The van der Waals surface area contributed by atoms with Crippen LogP contribution < -0.4 is 15.5 Å². The minimum Gasteiger partial charge on any atom is -0.370 e. The first-order chi connectivity index (χ1) is 11.3. The van der Waals surface area contributed by atoms with Crippen molar-refractivity contribution >= 4 is 42.2 Å². The SMILES string of the molecule is Cl.Cl.O=C(Nc1ccc(N2CCCCC2)cn1)C1CC12CCNCC2. The number of aromatic nitrogens is 1. The summed E-state index contributed by atoms with van der Waals surface area (Å²) in [6.45, 7) is 4.33. The van der Waals surface area contributed by atoms with Crippen molar-refractivity contribution in [1.82, 2.24) is 10.3 Å². The molecule has 1 spiro atoms. The van der Waals surface area contributed by atoms with Gasteiger partial charge in [0.05, 0.1) is 11.9 Å². The normalized spacial score (nSPS) is 24.0. The summed E-state index contributed by atoms with van der Waals surface area (Å²) in [5.41, 5.74) is 1.45. The smallest absolute Gasteiger partial charge is 0.229 e. The quantitative estimate of drug-likeness (QED) is 0.836. The van der Waals surface area contributed by atoms with Gasteiger partial charge in [0.15, 0.2) is 0 Å². The molecule has 3 heterocycles. The Bertz CT molecular complexity index is 569. The minimum atomic E-state index is 0. The summed E-state index contributed by atoms with van der Waals surface area (Å²) in [4.78, 5) is 19.3. The number of amides is 1. The van der Waals surface area contributed by atoms with Crippen LogP contribution in [-0.2, 0) is 4.79 Å².